The maximum atomic E-state index is 5.54. The number of fused-ring (bicyclic) bond motifs is 1. The molecule has 24 heavy (non-hydrogen) atoms. The summed E-state index contributed by atoms with van der Waals surface area (Å²) in [6.45, 7) is 1.81. The van der Waals surface area contributed by atoms with Gasteiger partial charge >= 0.3 is 0 Å². The average Bonchev–Trinajstić information content (AvgIpc) is 3.12. The summed E-state index contributed by atoms with van der Waals surface area (Å²) in [4.78, 5) is 4.46. The van der Waals surface area contributed by atoms with Crippen LogP contribution in [0.2, 0.25) is 0 Å². The van der Waals surface area contributed by atoms with Crippen molar-refractivity contribution in [2.45, 2.75) is 13.1 Å². The molecule has 0 unspecified atom stereocenters. The van der Waals surface area contributed by atoms with Crippen molar-refractivity contribution in [2.75, 3.05) is 6.79 Å². The molecule has 0 amide bonds. The van der Waals surface area contributed by atoms with Crippen LogP contribution in [0.25, 0.3) is 11.3 Å². The Hall–Kier alpha value is -2.85. The zero-order valence-electron chi connectivity index (χ0n) is 13.2. The molecule has 2 heterocycles. The predicted molar refractivity (Wildman–Crippen MR) is 92.8 cm³/mol. The molecule has 0 radical (unpaired) electrons. The average molecular weight is 318 g/mol. The number of aromatic nitrogens is 1. The van der Waals surface area contributed by atoms with Crippen molar-refractivity contribution >= 4 is 0 Å². The topological polar surface area (TPSA) is 43.4 Å². The van der Waals surface area contributed by atoms with E-state index < -0.39 is 0 Å². The van der Waals surface area contributed by atoms with Crippen LogP contribution in [0.3, 0.4) is 0 Å². The molecule has 0 atom stereocenters. The molecular formula is C20H18N2O2. The van der Waals surface area contributed by atoms with Gasteiger partial charge in [0, 0.05) is 30.4 Å². The van der Waals surface area contributed by atoms with Crippen LogP contribution in [0.5, 0.6) is 11.5 Å². The second-order valence-electron chi connectivity index (χ2n) is 5.67. The van der Waals surface area contributed by atoms with Crippen molar-refractivity contribution in [1.82, 2.24) is 10.3 Å². The van der Waals surface area contributed by atoms with E-state index in [9.17, 15) is 0 Å². The first-order chi connectivity index (χ1) is 11.9. The summed E-state index contributed by atoms with van der Waals surface area (Å²) >= 11 is 0. The highest BCUT2D eigenvalue weighted by atomic mass is 16.7. The molecule has 4 rings (SSSR count). The second kappa shape index (κ2) is 6.72. The van der Waals surface area contributed by atoms with Crippen LogP contribution in [0.1, 0.15) is 11.1 Å². The lowest BCUT2D eigenvalue weighted by molar-refractivity contribution is 0.173. The van der Waals surface area contributed by atoms with E-state index in [0.29, 0.717) is 6.79 Å². The number of ether oxygens (including phenoxy) is 2. The largest absolute Gasteiger partial charge is 0.454 e. The maximum Gasteiger partial charge on any atom is 0.231 e. The van der Waals surface area contributed by atoms with Crippen LogP contribution >= 0.6 is 0 Å². The van der Waals surface area contributed by atoms with Gasteiger partial charge < -0.3 is 14.8 Å². The molecule has 1 aliphatic heterocycles. The molecule has 0 bridgehead atoms. The van der Waals surface area contributed by atoms with Crippen LogP contribution in [0.4, 0.5) is 0 Å². The van der Waals surface area contributed by atoms with Gasteiger partial charge in [0.25, 0.3) is 0 Å². The van der Waals surface area contributed by atoms with E-state index in [1.54, 1.807) is 0 Å². The first-order valence-electron chi connectivity index (χ1n) is 7.99. The fraction of sp³-hybridized carbons (Fsp3) is 0.150. The normalized spacial score (nSPS) is 12.3. The quantitative estimate of drug-likeness (QED) is 0.778. The summed E-state index contributed by atoms with van der Waals surface area (Å²) in [6, 6.07) is 20.4. The van der Waals surface area contributed by atoms with Gasteiger partial charge in [-0.3, -0.25) is 4.98 Å². The zero-order chi connectivity index (χ0) is 16.2. The number of benzene rings is 2. The van der Waals surface area contributed by atoms with E-state index in [1.807, 2.05) is 42.6 Å². The number of para-hydroxylation sites is 1. The van der Waals surface area contributed by atoms with E-state index in [0.717, 1.165) is 41.4 Å². The highest BCUT2D eigenvalue weighted by Crippen LogP contribution is 2.35. The van der Waals surface area contributed by atoms with Gasteiger partial charge in [0.05, 0.1) is 5.69 Å². The Bertz CT molecular complexity index is 834. The van der Waals surface area contributed by atoms with Gasteiger partial charge in [0.2, 0.25) is 6.79 Å². The van der Waals surface area contributed by atoms with Gasteiger partial charge in [-0.1, -0.05) is 42.5 Å². The Labute approximate surface area is 141 Å². The van der Waals surface area contributed by atoms with Gasteiger partial charge in [0.15, 0.2) is 11.5 Å². The van der Waals surface area contributed by atoms with Gasteiger partial charge in [-0.15, -0.1) is 0 Å². The lowest BCUT2D eigenvalue weighted by atomic mass is 10.1. The molecule has 0 saturated carbocycles. The number of hydrogen-bond donors (Lipinski definition) is 1. The van der Waals surface area contributed by atoms with Gasteiger partial charge in [-0.05, 0) is 23.8 Å². The molecule has 0 saturated heterocycles. The summed E-state index contributed by atoms with van der Waals surface area (Å²) in [7, 11) is 0. The fourth-order valence-electron chi connectivity index (χ4n) is 2.82. The Morgan fingerprint density at radius 3 is 2.75 bits per heavy atom. The zero-order valence-corrected chi connectivity index (χ0v) is 13.2. The van der Waals surface area contributed by atoms with E-state index >= 15 is 0 Å². The minimum Gasteiger partial charge on any atom is -0.454 e. The highest BCUT2D eigenvalue weighted by Gasteiger charge is 2.16. The molecule has 4 nitrogen and oxygen atoms in total. The lowest BCUT2D eigenvalue weighted by Crippen LogP contribution is -2.13. The summed E-state index contributed by atoms with van der Waals surface area (Å²) in [5.41, 5.74) is 4.44. The smallest absolute Gasteiger partial charge is 0.231 e. The molecule has 120 valence electrons. The third-order valence-electron chi connectivity index (χ3n) is 4.02. The molecule has 1 aromatic heterocycles. The van der Waals surface area contributed by atoms with Crippen molar-refractivity contribution in [2.24, 2.45) is 0 Å². The van der Waals surface area contributed by atoms with E-state index in [1.165, 1.54) is 5.56 Å². The number of nitrogens with one attached hydrogen (secondary N) is 1. The van der Waals surface area contributed by atoms with E-state index in [-0.39, 0.29) is 0 Å². The molecule has 4 heteroatoms. The minimum absolute atomic E-state index is 0.303. The Kier molecular flexibility index (Phi) is 4.13. The SMILES string of the molecule is c1ccc(-c2cc(CNCc3cccc4c3OCO4)ccn2)cc1. The number of pyridine rings is 1. The summed E-state index contributed by atoms with van der Waals surface area (Å²) in [5.74, 6) is 1.68. The molecular weight excluding hydrogens is 300 g/mol. The predicted octanol–water partition coefficient (Wildman–Crippen LogP) is 3.77. The molecule has 2 aromatic carbocycles. The van der Waals surface area contributed by atoms with Crippen molar-refractivity contribution in [1.29, 1.82) is 0 Å². The summed E-state index contributed by atoms with van der Waals surface area (Å²) < 4.78 is 10.9. The Morgan fingerprint density at radius 2 is 1.83 bits per heavy atom. The molecule has 0 aliphatic carbocycles. The summed E-state index contributed by atoms with van der Waals surface area (Å²) in [6.07, 6.45) is 1.86. The van der Waals surface area contributed by atoms with Crippen LogP contribution in [-0.4, -0.2) is 11.8 Å². The van der Waals surface area contributed by atoms with E-state index in [2.05, 4.69) is 34.6 Å². The molecule has 0 spiro atoms. The molecule has 1 aliphatic rings. The first kappa shape index (κ1) is 14.7. The van der Waals surface area contributed by atoms with Crippen LogP contribution < -0.4 is 14.8 Å². The Balaban J connectivity index is 1.43. The van der Waals surface area contributed by atoms with Gasteiger partial charge in [-0.2, -0.15) is 0 Å². The first-order valence-corrected chi connectivity index (χ1v) is 7.99. The van der Waals surface area contributed by atoms with Crippen LogP contribution in [-0.2, 0) is 13.1 Å². The van der Waals surface area contributed by atoms with Crippen LogP contribution in [0.15, 0.2) is 66.9 Å². The van der Waals surface area contributed by atoms with Crippen molar-refractivity contribution in [3.8, 4) is 22.8 Å². The lowest BCUT2D eigenvalue weighted by Gasteiger charge is -2.09. The standard InChI is InChI=1S/C20H18N2O2/c1-2-5-16(6-3-1)18-11-15(9-10-22-18)12-21-13-17-7-4-8-19-20(17)24-14-23-19/h1-11,21H,12-14H2. The minimum atomic E-state index is 0.303. The summed E-state index contributed by atoms with van der Waals surface area (Å²) in [5, 5.41) is 3.46. The highest BCUT2D eigenvalue weighted by molar-refractivity contribution is 5.59. The van der Waals surface area contributed by atoms with Gasteiger partial charge in [0.1, 0.15) is 0 Å². The van der Waals surface area contributed by atoms with Crippen molar-refractivity contribution < 1.29 is 9.47 Å². The Morgan fingerprint density at radius 1 is 0.917 bits per heavy atom. The van der Waals surface area contributed by atoms with Gasteiger partial charge in [-0.25, -0.2) is 0 Å². The molecule has 1 N–H and O–H groups in total. The van der Waals surface area contributed by atoms with E-state index in [4.69, 9.17) is 9.47 Å². The number of rotatable bonds is 5. The van der Waals surface area contributed by atoms with Crippen LogP contribution in [0, 0.1) is 0 Å². The number of hydrogen-bond acceptors (Lipinski definition) is 4. The third kappa shape index (κ3) is 3.09. The molecule has 0 fully saturated rings. The van der Waals surface area contributed by atoms with Crippen molar-refractivity contribution in [3.05, 3.63) is 78.0 Å². The number of nitrogens with zero attached hydrogens (tertiary/aromatic N) is 1. The fourth-order valence-corrected chi connectivity index (χ4v) is 2.82. The maximum absolute atomic E-state index is 5.54. The monoisotopic (exact) mass is 318 g/mol. The van der Waals surface area contributed by atoms with Crippen molar-refractivity contribution in [3.63, 3.8) is 0 Å². The third-order valence-corrected chi connectivity index (χ3v) is 4.02. The second-order valence-corrected chi connectivity index (χ2v) is 5.67. The molecule has 3 aromatic rings.